The fourth-order valence-corrected chi connectivity index (χ4v) is 2.02. The molecule has 0 saturated heterocycles. The summed E-state index contributed by atoms with van der Waals surface area (Å²) in [5, 5.41) is 6.55. The van der Waals surface area contributed by atoms with E-state index in [1.54, 1.807) is 0 Å². The minimum Gasteiger partial charge on any atom is -0.321 e. The standard InChI is InChI=1S/C12H13ClN2O/c1-2-12(16)15-11-6-9-7-14-4-3-8(9)5-10(11)13/h2,5-6,14H,1,3-4,7H2,(H,15,16). The van der Waals surface area contributed by atoms with Crippen molar-refractivity contribution in [2.45, 2.75) is 13.0 Å². The second kappa shape index (κ2) is 4.68. The van der Waals surface area contributed by atoms with Gasteiger partial charge in [-0.15, -0.1) is 0 Å². The van der Waals surface area contributed by atoms with Crippen LogP contribution in [0.5, 0.6) is 0 Å². The van der Waals surface area contributed by atoms with E-state index in [9.17, 15) is 4.79 Å². The summed E-state index contributed by atoms with van der Waals surface area (Å²) in [5.74, 6) is -0.245. The molecule has 1 aliphatic heterocycles. The summed E-state index contributed by atoms with van der Waals surface area (Å²) >= 11 is 6.09. The van der Waals surface area contributed by atoms with E-state index in [1.807, 2.05) is 12.1 Å². The molecule has 2 N–H and O–H groups in total. The number of benzene rings is 1. The van der Waals surface area contributed by atoms with Crippen molar-refractivity contribution in [2.24, 2.45) is 0 Å². The second-order valence-corrected chi connectivity index (χ2v) is 4.13. The Morgan fingerprint density at radius 2 is 2.31 bits per heavy atom. The first kappa shape index (κ1) is 11.2. The van der Waals surface area contributed by atoms with Crippen molar-refractivity contribution in [2.75, 3.05) is 11.9 Å². The number of carbonyl (C=O) groups excluding carboxylic acids is 1. The summed E-state index contributed by atoms with van der Waals surface area (Å²) < 4.78 is 0. The van der Waals surface area contributed by atoms with E-state index in [1.165, 1.54) is 17.2 Å². The molecule has 0 radical (unpaired) electrons. The highest BCUT2D eigenvalue weighted by Crippen LogP contribution is 2.27. The molecule has 2 rings (SSSR count). The molecular formula is C12H13ClN2O. The number of carbonyl (C=O) groups is 1. The summed E-state index contributed by atoms with van der Waals surface area (Å²) in [6.07, 6.45) is 2.21. The van der Waals surface area contributed by atoms with Crippen LogP contribution in [0.1, 0.15) is 11.1 Å². The van der Waals surface area contributed by atoms with Crippen molar-refractivity contribution in [3.63, 3.8) is 0 Å². The third kappa shape index (κ3) is 2.26. The van der Waals surface area contributed by atoms with E-state index in [2.05, 4.69) is 17.2 Å². The molecule has 0 saturated carbocycles. The van der Waals surface area contributed by atoms with Crippen LogP contribution < -0.4 is 10.6 Å². The van der Waals surface area contributed by atoms with Crippen LogP contribution in [0.2, 0.25) is 5.02 Å². The van der Waals surface area contributed by atoms with E-state index in [0.717, 1.165) is 19.5 Å². The van der Waals surface area contributed by atoms with Crippen LogP contribution in [0.4, 0.5) is 5.69 Å². The minimum absolute atomic E-state index is 0.245. The lowest BCUT2D eigenvalue weighted by Gasteiger charge is -2.19. The van der Waals surface area contributed by atoms with E-state index in [4.69, 9.17) is 11.6 Å². The summed E-state index contributed by atoms with van der Waals surface area (Å²) in [6.45, 7) is 5.20. The number of halogens is 1. The monoisotopic (exact) mass is 236 g/mol. The van der Waals surface area contributed by atoms with Crippen LogP contribution in [0.15, 0.2) is 24.8 Å². The average Bonchev–Trinajstić information content (AvgIpc) is 2.30. The van der Waals surface area contributed by atoms with Crippen molar-refractivity contribution in [3.8, 4) is 0 Å². The van der Waals surface area contributed by atoms with Gasteiger partial charge in [0.05, 0.1) is 10.7 Å². The van der Waals surface area contributed by atoms with Crippen LogP contribution in [0.25, 0.3) is 0 Å². The fourth-order valence-electron chi connectivity index (χ4n) is 1.78. The summed E-state index contributed by atoms with van der Waals surface area (Å²) in [5.41, 5.74) is 3.09. The summed E-state index contributed by atoms with van der Waals surface area (Å²) in [4.78, 5) is 11.2. The zero-order chi connectivity index (χ0) is 11.5. The molecule has 0 fully saturated rings. The van der Waals surface area contributed by atoms with Gasteiger partial charge in [0.2, 0.25) is 5.91 Å². The molecule has 84 valence electrons. The van der Waals surface area contributed by atoms with E-state index in [0.29, 0.717) is 10.7 Å². The normalized spacial score (nSPS) is 14.1. The first-order valence-electron chi connectivity index (χ1n) is 5.16. The Labute approximate surface area is 99.5 Å². The fraction of sp³-hybridized carbons (Fsp3) is 0.250. The molecule has 0 bridgehead atoms. The van der Waals surface area contributed by atoms with Gasteiger partial charge in [0.1, 0.15) is 0 Å². The molecule has 0 spiro atoms. The van der Waals surface area contributed by atoms with Gasteiger partial charge in [-0.1, -0.05) is 18.2 Å². The Balaban J connectivity index is 2.32. The van der Waals surface area contributed by atoms with Gasteiger partial charge in [0, 0.05) is 6.54 Å². The second-order valence-electron chi connectivity index (χ2n) is 3.72. The van der Waals surface area contributed by atoms with Crippen LogP contribution in [-0.4, -0.2) is 12.5 Å². The predicted molar refractivity (Wildman–Crippen MR) is 65.7 cm³/mol. The van der Waals surface area contributed by atoms with Gasteiger partial charge in [-0.05, 0) is 42.3 Å². The predicted octanol–water partition coefficient (Wildman–Crippen LogP) is 2.11. The topological polar surface area (TPSA) is 41.1 Å². The van der Waals surface area contributed by atoms with Gasteiger partial charge in [0.15, 0.2) is 0 Å². The van der Waals surface area contributed by atoms with E-state index in [-0.39, 0.29) is 5.91 Å². The molecule has 0 aliphatic carbocycles. The largest absolute Gasteiger partial charge is 0.321 e. The van der Waals surface area contributed by atoms with Crippen molar-refractivity contribution < 1.29 is 4.79 Å². The highest BCUT2D eigenvalue weighted by molar-refractivity contribution is 6.34. The Morgan fingerprint density at radius 1 is 1.50 bits per heavy atom. The lowest BCUT2D eigenvalue weighted by atomic mass is 10.0. The molecule has 1 aromatic carbocycles. The minimum atomic E-state index is -0.245. The third-order valence-electron chi connectivity index (χ3n) is 2.62. The van der Waals surface area contributed by atoms with Gasteiger partial charge in [-0.3, -0.25) is 4.79 Å². The maximum atomic E-state index is 11.2. The van der Waals surface area contributed by atoms with Gasteiger partial charge >= 0.3 is 0 Å². The Morgan fingerprint density at radius 3 is 3.06 bits per heavy atom. The Kier molecular flexibility index (Phi) is 3.27. The molecule has 4 heteroatoms. The van der Waals surface area contributed by atoms with Gasteiger partial charge < -0.3 is 10.6 Å². The summed E-state index contributed by atoms with van der Waals surface area (Å²) in [6, 6.07) is 3.85. The van der Waals surface area contributed by atoms with E-state index < -0.39 is 0 Å². The van der Waals surface area contributed by atoms with Crippen molar-refractivity contribution in [1.82, 2.24) is 5.32 Å². The molecule has 0 atom stereocenters. The van der Waals surface area contributed by atoms with E-state index >= 15 is 0 Å². The van der Waals surface area contributed by atoms with Crippen molar-refractivity contribution in [3.05, 3.63) is 40.9 Å². The van der Waals surface area contributed by atoms with Crippen molar-refractivity contribution >= 4 is 23.2 Å². The SMILES string of the molecule is C=CC(=O)Nc1cc2c(cc1Cl)CCNC2. The zero-order valence-corrected chi connectivity index (χ0v) is 9.60. The first-order valence-corrected chi connectivity index (χ1v) is 5.54. The third-order valence-corrected chi connectivity index (χ3v) is 2.93. The van der Waals surface area contributed by atoms with Crippen LogP contribution >= 0.6 is 11.6 Å². The maximum absolute atomic E-state index is 11.2. The smallest absolute Gasteiger partial charge is 0.247 e. The molecule has 1 aromatic rings. The maximum Gasteiger partial charge on any atom is 0.247 e. The molecule has 1 amide bonds. The van der Waals surface area contributed by atoms with Gasteiger partial charge in [-0.25, -0.2) is 0 Å². The first-order chi connectivity index (χ1) is 7.70. The van der Waals surface area contributed by atoms with Gasteiger partial charge in [0.25, 0.3) is 0 Å². The lowest BCUT2D eigenvalue weighted by Crippen LogP contribution is -2.23. The quantitative estimate of drug-likeness (QED) is 0.773. The van der Waals surface area contributed by atoms with Gasteiger partial charge in [-0.2, -0.15) is 0 Å². The number of nitrogens with one attached hydrogen (secondary N) is 2. The van der Waals surface area contributed by atoms with Crippen LogP contribution in [-0.2, 0) is 17.8 Å². The zero-order valence-electron chi connectivity index (χ0n) is 8.85. The number of hydrogen-bond acceptors (Lipinski definition) is 2. The number of rotatable bonds is 2. The number of amides is 1. The van der Waals surface area contributed by atoms with Crippen molar-refractivity contribution in [1.29, 1.82) is 0 Å². The average molecular weight is 237 g/mol. The molecule has 1 aliphatic rings. The Bertz CT molecular complexity index is 443. The highest BCUT2D eigenvalue weighted by Gasteiger charge is 2.12. The molecule has 16 heavy (non-hydrogen) atoms. The number of fused-ring (bicyclic) bond motifs is 1. The molecule has 0 unspecified atom stereocenters. The molecular weight excluding hydrogens is 224 g/mol. The molecule has 1 heterocycles. The highest BCUT2D eigenvalue weighted by atomic mass is 35.5. The summed E-state index contributed by atoms with van der Waals surface area (Å²) in [7, 11) is 0. The van der Waals surface area contributed by atoms with Crippen LogP contribution in [0.3, 0.4) is 0 Å². The molecule has 0 aromatic heterocycles. The lowest BCUT2D eigenvalue weighted by molar-refractivity contribution is -0.111. The number of hydrogen-bond donors (Lipinski definition) is 2. The van der Waals surface area contributed by atoms with Crippen LogP contribution in [0, 0.1) is 0 Å². The molecule has 3 nitrogen and oxygen atoms in total. The number of anilines is 1. The Hall–Kier alpha value is -1.32.